The van der Waals surface area contributed by atoms with Crippen molar-refractivity contribution in [2.75, 3.05) is 18.0 Å². The molecule has 3 heteroatoms. The Kier molecular flexibility index (Phi) is 3.21. The predicted molar refractivity (Wildman–Crippen MR) is 63.0 cm³/mol. The van der Waals surface area contributed by atoms with E-state index in [1.807, 2.05) is 12.4 Å². The summed E-state index contributed by atoms with van der Waals surface area (Å²) in [6.45, 7) is 4.32. The summed E-state index contributed by atoms with van der Waals surface area (Å²) in [4.78, 5) is 6.56. The van der Waals surface area contributed by atoms with Gasteiger partial charge in [-0.1, -0.05) is 0 Å². The molecular weight excluding hydrogens is 186 g/mol. The summed E-state index contributed by atoms with van der Waals surface area (Å²) in [6, 6.07) is 2.49. The van der Waals surface area contributed by atoms with E-state index in [0.717, 1.165) is 25.9 Å². The van der Waals surface area contributed by atoms with Crippen LogP contribution in [0, 0.1) is 6.92 Å². The van der Waals surface area contributed by atoms with Crippen LogP contribution in [-0.4, -0.2) is 24.1 Å². The number of nitrogens with zero attached hydrogens (tertiary/aromatic N) is 2. The first kappa shape index (κ1) is 10.4. The van der Waals surface area contributed by atoms with Gasteiger partial charge in [0, 0.05) is 37.2 Å². The number of hydrogen-bond donors (Lipinski definition) is 1. The fraction of sp³-hybridized carbons (Fsp3) is 0.583. The summed E-state index contributed by atoms with van der Waals surface area (Å²) in [7, 11) is 0. The quantitative estimate of drug-likeness (QED) is 0.759. The predicted octanol–water partition coefficient (Wildman–Crippen LogP) is 1.71. The van der Waals surface area contributed by atoms with Crippen molar-refractivity contribution in [3.05, 3.63) is 24.0 Å². The molecule has 1 aromatic heterocycles. The van der Waals surface area contributed by atoms with Crippen LogP contribution in [0.4, 0.5) is 5.69 Å². The van der Waals surface area contributed by atoms with Gasteiger partial charge in [0.15, 0.2) is 0 Å². The molecule has 15 heavy (non-hydrogen) atoms. The van der Waals surface area contributed by atoms with Crippen LogP contribution in [0.3, 0.4) is 0 Å². The van der Waals surface area contributed by atoms with Crippen molar-refractivity contribution in [1.29, 1.82) is 0 Å². The minimum atomic E-state index is 0.386. The van der Waals surface area contributed by atoms with E-state index in [1.54, 1.807) is 0 Å². The highest BCUT2D eigenvalue weighted by Gasteiger charge is 2.15. The zero-order valence-electron chi connectivity index (χ0n) is 9.32. The van der Waals surface area contributed by atoms with E-state index in [-0.39, 0.29) is 0 Å². The lowest BCUT2D eigenvalue weighted by Gasteiger charge is -2.24. The molecule has 0 radical (unpaired) electrons. The van der Waals surface area contributed by atoms with Crippen LogP contribution in [0.25, 0.3) is 0 Å². The fourth-order valence-corrected chi connectivity index (χ4v) is 2.18. The number of aromatic nitrogens is 1. The highest BCUT2D eigenvalue weighted by molar-refractivity contribution is 5.51. The third-order valence-electron chi connectivity index (χ3n) is 3.10. The van der Waals surface area contributed by atoms with E-state index < -0.39 is 0 Å². The maximum absolute atomic E-state index is 5.97. The van der Waals surface area contributed by atoms with Gasteiger partial charge in [-0.3, -0.25) is 4.98 Å². The molecule has 0 unspecified atom stereocenters. The van der Waals surface area contributed by atoms with Crippen molar-refractivity contribution < 1.29 is 0 Å². The Morgan fingerprint density at radius 1 is 1.40 bits per heavy atom. The Morgan fingerprint density at radius 3 is 3.07 bits per heavy atom. The van der Waals surface area contributed by atoms with E-state index in [1.165, 1.54) is 17.7 Å². The molecule has 1 aliphatic rings. The Morgan fingerprint density at radius 2 is 2.27 bits per heavy atom. The molecule has 0 saturated carbocycles. The van der Waals surface area contributed by atoms with Gasteiger partial charge in [0.25, 0.3) is 0 Å². The van der Waals surface area contributed by atoms with Gasteiger partial charge in [0.1, 0.15) is 0 Å². The lowest BCUT2D eigenvalue weighted by atomic mass is 10.1. The van der Waals surface area contributed by atoms with Gasteiger partial charge in [0.05, 0.1) is 0 Å². The van der Waals surface area contributed by atoms with Crippen molar-refractivity contribution in [3.63, 3.8) is 0 Å². The largest absolute Gasteiger partial charge is 0.371 e. The summed E-state index contributed by atoms with van der Waals surface area (Å²) in [5.41, 5.74) is 8.55. The van der Waals surface area contributed by atoms with Crippen molar-refractivity contribution in [2.24, 2.45) is 5.73 Å². The van der Waals surface area contributed by atoms with Crippen LogP contribution in [0.15, 0.2) is 18.5 Å². The normalized spacial score (nSPS) is 22.5. The Hall–Kier alpha value is -1.09. The molecule has 1 aliphatic heterocycles. The molecule has 0 spiro atoms. The summed E-state index contributed by atoms with van der Waals surface area (Å²) in [6.07, 6.45) is 7.25. The highest BCUT2D eigenvalue weighted by Crippen LogP contribution is 2.21. The number of anilines is 1. The van der Waals surface area contributed by atoms with E-state index in [4.69, 9.17) is 5.73 Å². The number of nitrogens with two attached hydrogens (primary N) is 1. The first-order valence-electron chi connectivity index (χ1n) is 5.68. The van der Waals surface area contributed by atoms with Gasteiger partial charge in [0.2, 0.25) is 0 Å². The van der Waals surface area contributed by atoms with Crippen molar-refractivity contribution in [1.82, 2.24) is 4.98 Å². The van der Waals surface area contributed by atoms with Crippen molar-refractivity contribution in [2.45, 2.75) is 32.2 Å². The second-order valence-electron chi connectivity index (χ2n) is 4.34. The number of pyridine rings is 1. The van der Waals surface area contributed by atoms with Gasteiger partial charge < -0.3 is 10.6 Å². The number of aryl methyl sites for hydroxylation is 1. The summed E-state index contributed by atoms with van der Waals surface area (Å²) in [5.74, 6) is 0. The Balaban J connectivity index is 2.13. The molecule has 3 nitrogen and oxygen atoms in total. The molecule has 0 bridgehead atoms. The maximum Gasteiger partial charge on any atom is 0.0426 e. The molecule has 0 aliphatic carbocycles. The molecule has 1 saturated heterocycles. The monoisotopic (exact) mass is 205 g/mol. The molecule has 82 valence electrons. The first-order valence-corrected chi connectivity index (χ1v) is 5.68. The molecule has 2 N–H and O–H groups in total. The Bertz CT molecular complexity index is 324. The maximum atomic E-state index is 5.97. The minimum absolute atomic E-state index is 0.386. The summed E-state index contributed by atoms with van der Waals surface area (Å²) in [5, 5.41) is 0. The third-order valence-corrected chi connectivity index (χ3v) is 3.10. The molecule has 1 fully saturated rings. The van der Waals surface area contributed by atoms with Gasteiger partial charge in [-0.05, 0) is 37.8 Å². The molecular formula is C12H19N3. The lowest BCUT2D eigenvalue weighted by molar-refractivity contribution is 0.601. The topological polar surface area (TPSA) is 42.2 Å². The second-order valence-corrected chi connectivity index (χ2v) is 4.34. The number of rotatable bonds is 1. The van der Waals surface area contributed by atoms with Crippen molar-refractivity contribution >= 4 is 5.69 Å². The van der Waals surface area contributed by atoms with Crippen LogP contribution in [-0.2, 0) is 0 Å². The second kappa shape index (κ2) is 4.62. The van der Waals surface area contributed by atoms with E-state index in [9.17, 15) is 0 Å². The fourth-order valence-electron chi connectivity index (χ4n) is 2.18. The zero-order chi connectivity index (χ0) is 10.7. The van der Waals surface area contributed by atoms with Crippen LogP contribution in [0.1, 0.15) is 24.8 Å². The van der Waals surface area contributed by atoms with Crippen LogP contribution < -0.4 is 10.6 Å². The molecule has 2 heterocycles. The molecule has 0 aromatic carbocycles. The van der Waals surface area contributed by atoms with Crippen LogP contribution >= 0.6 is 0 Å². The van der Waals surface area contributed by atoms with Crippen molar-refractivity contribution in [3.8, 4) is 0 Å². The van der Waals surface area contributed by atoms with Gasteiger partial charge >= 0.3 is 0 Å². The standard InChI is InChI=1S/C12H19N3/c1-10-9-14-6-4-12(10)15-7-2-3-11(13)5-8-15/h4,6,9,11H,2-3,5,7-8,13H2,1H3/t11-/m1/s1. The zero-order valence-corrected chi connectivity index (χ0v) is 9.32. The average molecular weight is 205 g/mol. The molecule has 1 aromatic rings. The van der Waals surface area contributed by atoms with Crippen LogP contribution in [0.2, 0.25) is 0 Å². The molecule has 1 atom stereocenters. The van der Waals surface area contributed by atoms with Gasteiger partial charge in [-0.15, -0.1) is 0 Å². The number of hydrogen-bond acceptors (Lipinski definition) is 3. The average Bonchev–Trinajstić information content (AvgIpc) is 2.44. The third kappa shape index (κ3) is 2.48. The molecule has 0 amide bonds. The summed E-state index contributed by atoms with van der Waals surface area (Å²) < 4.78 is 0. The SMILES string of the molecule is Cc1cnccc1N1CCC[C@@H](N)CC1. The summed E-state index contributed by atoms with van der Waals surface area (Å²) >= 11 is 0. The van der Waals surface area contributed by atoms with Gasteiger partial charge in [-0.25, -0.2) is 0 Å². The van der Waals surface area contributed by atoms with E-state index in [2.05, 4.69) is 22.9 Å². The van der Waals surface area contributed by atoms with E-state index in [0.29, 0.717) is 6.04 Å². The van der Waals surface area contributed by atoms with Crippen LogP contribution in [0.5, 0.6) is 0 Å². The van der Waals surface area contributed by atoms with E-state index >= 15 is 0 Å². The smallest absolute Gasteiger partial charge is 0.0426 e. The minimum Gasteiger partial charge on any atom is -0.371 e. The molecule has 2 rings (SSSR count). The highest BCUT2D eigenvalue weighted by atomic mass is 15.1. The lowest BCUT2D eigenvalue weighted by Crippen LogP contribution is -2.26. The first-order chi connectivity index (χ1) is 7.27. The van der Waals surface area contributed by atoms with Gasteiger partial charge in [-0.2, -0.15) is 0 Å². The Labute approximate surface area is 91.3 Å².